The van der Waals surface area contributed by atoms with Gasteiger partial charge in [0.2, 0.25) is 0 Å². The second-order valence-corrected chi connectivity index (χ2v) is 5.84. The third kappa shape index (κ3) is 3.86. The Morgan fingerprint density at radius 2 is 1.95 bits per heavy atom. The van der Waals surface area contributed by atoms with Crippen LogP contribution in [0.2, 0.25) is 0 Å². The van der Waals surface area contributed by atoms with Gasteiger partial charge in [0, 0.05) is 24.3 Å². The number of rotatable bonds is 8. The number of unbranched alkanes of at least 4 members (excludes halogenated alkanes) is 3. The predicted octanol–water partition coefficient (Wildman–Crippen LogP) is 4.50. The molecule has 2 rings (SSSR count). The van der Waals surface area contributed by atoms with Crippen LogP contribution in [0.5, 0.6) is 0 Å². The Bertz CT molecular complexity index is 527. The highest BCUT2D eigenvalue weighted by atomic mass is 14.9. The summed E-state index contributed by atoms with van der Waals surface area (Å²) in [6.45, 7) is 5.54. The summed E-state index contributed by atoms with van der Waals surface area (Å²) in [6.07, 6.45) is 9.48. The molecule has 0 aliphatic carbocycles. The first-order valence-corrected chi connectivity index (χ1v) is 8.08. The summed E-state index contributed by atoms with van der Waals surface area (Å²) >= 11 is 0. The molecule has 0 bridgehead atoms. The van der Waals surface area contributed by atoms with Crippen LogP contribution in [-0.4, -0.2) is 10.6 Å². The molecular formula is C18H28N2. The number of fused-ring (bicyclic) bond motifs is 1. The van der Waals surface area contributed by atoms with Crippen molar-refractivity contribution in [3.63, 3.8) is 0 Å². The number of aryl methyl sites for hydroxylation is 1. The molecule has 2 N–H and O–H groups in total. The van der Waals surface area contributed by atoms with E-state index in [4.69, 9.17) is 5.73 Å². The zero-order valence-electron chi connectivity index (χ0n) is 12.9. The summed E-state index contributed by atoms with van der Waals surface area (Å²) in [5.74, 6) is 0. The molecule has 0 aliphatic heterocycles. The second-order valence-electron chi connectivity index (χ2n) is 5.84. The van der Waals surface area contributed by atoms with Crippen LogP contribution < -0.4 is 5.73 Å². The van der Waals surface area contributed by atoms with Crippen LogP contribution >= 0.6 is 0 Å². The highest BCUT2D eigenvalue weighted by molar-refractivity contribution is 5.80. The van der Waals surface area contributed by atoms with Crippen LogP contribution in [0, 0.1) is 0 Å². The molecule has 0 fully saturated rings. The van der Waals surface area contributed by atoms with Gasteiger partial charge in [-0.2, -0.15) is 0 Å². The summed E-state index contributed by atoms with van der Waals surface area (Å²) in [4.78, 5) is 0. The maximum absolute atomic E-state index is 6.07. The Kier molecular flexibility index (Phi) is 5.66. The van der Waals surface area contributed by atoms with Crippen molar-refractivity contribution < 1.29 is 0 Å². The highest BCUT2D eigenvalue weighted by Gasteiger charge is 2.05. The van der Waals surface area contributed by atoms with Crippen molar-refractivity contribution in [1.29, 1.82) is 0 Å². The molecule has 0 radical (unpaired) electrons. The van der Waals surface area contributed by atoms with E-state index in [0.29, 0.717) is 0 Å². The van der Waals surface area contributed by atoms with E-state index >= 15 is 0 Å². The molecule has 20 heavy (non-hydrogen) atoms. The fraction of sp³-hybridized carbons (Fsp3) is 0.556. The lowest BCUT2D eigenvalue weighted by atomic mass is 10.0. The van der Waals surface area contributed by atoms with Crippen LogP contribution in [0.15, 0.2) is 30.5 Å². The van der Waals surface area contributed by atoms with Crippen molar-refractivity contribution in [1.82, 2.24) is 4.57 Å². The number of aromatic nitrogens is 1. The molecule has 110 valence electrons. The summed E-state index contributed by atoms with van der Waals surface area (Å²) in [5, 5.41) is 1.34. The van der Waals surface area contributed by atoms with Crippen molar-refractivity contribution in [2.75, 3.05) is 0 Å². The van der Waals surface area contributed by atoms with Crippen LogP contribution in [0.1, 0.15) is 51.5 Å². The van der Waals surface area contributed by atoms with Gasteiger partial charge >= 0.3 is 0 Å². The third-order valence-corrected chi connectivity index (χ3v) is 4.11. The van der Waals surface area contributed by atoms with Gasteiger partial charge in [0.1, 0.15) is 0 Å². The van der Waals surface area contributed by atoms with E-state index in [0.717, 1.165) is 19.4 Å². The van der Waals surface area contributed by atoms with Gasteiger partial charge in [0.25, 0.3) is 0 Å². The third-order valence-electron chi connectivity index (χ3n) is 4.11. The molecule has 2 aromatic rings. The van der Waals surface area contributed by atoms with Gasteiger partial charge < -0.3 is 10.3 Å². The van der Waals surface area contributed by atoms with Gasteiger partial charge in [0.15, 0.2) is 0 Å². The van der Waals surface area contributed by atoms with Gasteiger partial charge in [-0.25, -0.2) is 0 Å². The van der Waals surface area contributed by atoms with E-state index in [2.05, 4.69) is 48.9 Å². The smallest absolute Gasteiger partial charge is 0.0483 e. The lowest BCUT2D eigenvalue weighted by molar-refractivity contribution is 0.593. The predicted molar refractivity (Wildman–Crippen MR) is 88.1 cm³/mol. The Labute approximate surface area is 123 Å². The Morgan fingerprint density at radius 1 is 1.10 bits per heavy atom. The van der Waals surface area contributed by atoms with Crippen molar-refractivity contribution >= 4 is 10.9 Å². The number of nitrogens with two attached hydrogens (primary N) is 1. The van der Waals surface area contributed by atoms with Crippen molar-refractivity contribution in [2.45, 2.75) is 65.0 Å². The SMILES string of the molecule is CCCCCCn1ccc2ccc(CC(N)CC)cc21. The van der Waals surface area contributed by atoms with Crippen molar-refractivity contribution in [3.8, 4) is 0 Å². The zero-order valence-corrected chi connectivity index (χ0v) is 12.9. The number of hydrogen-bond acceptors (Lipinski definition) is 1. The van der Waals surface area contributed by atoms with Gasteiger partial charge in [0.05, 0.1) is 0 Å². The average molecular weight is 272 g/mol. The van der Waals surface area contributed by atoms with E-state index in [1.807, 2.05) is 0 Å². The molecule has 0 amide bonds. The van der Waals surface area contributed by atoms with Crippen LogP contribution in [-0.2, 0) is 13.0 Å². The van der Waals surface area contributed by atoms with Crippen LogP contribution in [0.25, 0.3) is 10.9 Å². The minimum Gasteiger partial charge on any atom is -0.347 e. The first-order chi connectivity index (χ1) is 9.74. The maximum atomic E-state index is 6.07. The Morgan fingerprint density at radius 3 is 2.70 bits per heavy atom. The summed E-state index contributed by atoms with van der Waals surface area (Å²) in [5.41, 5.74) is 8.79. The molecule has 1 heterocycles. The first-order valence-electron chi connectivity index (χ1n) is 8.08. The Hall–Kier alpha value is -1.28. The van der Waals surface area contributed by atoms with Gasteiger partial charge in [-0.3, -0.25) is 0 Å². The van der Waals surface area contributed by atoms with E-state index in [9.17, 15) is 0 Å². The molecule has 1 aromatic carbocycles. The summed E-state index contributed by atoms with van der Waals surface area (Å²) < 4.78 is 2.39. The minimum absolute atomic E-state index is 0.278. The van der Waals surface area contributed by atoms with Crippen molar-refractivity contribution in [3.05, 3.63) is 36.0 Å². The fourth-order valence-corrected chi connectivity index (χ4v) is 2.71. The van der Waals surface area contributed by atoms with E-state index in [1.54, 1.807) is 0 Å². The molecule has 1 unspecified atom stereocenters. The van der Waals surface area contributed by atoms with Gasteiger partial charge in [-0.15, -0.1) is 0 Å². The lowest BCUT2D eigenvalue weighted by Gasteiger charge is -2.10. The monoisotopic (exact) mass is 272 g/mol. The normalized spacial score (nSPS) is 12.9. The molecule has 2 heteroatoms. The highest BCUT2D eigenvalue weighted by Crippen LogP contribution is 2.19. The maximum Gasteiger partial charge on any atom is 0.0483 e. The second kappa shape index (κ2) is 7.49. The van der Waals surface area contributed by atoms with Gasteiger partial charge in [-0.05, 0) is 42.3 Å². The quantitative estimate of drug-likeness (QED) is 0.705. The largest absolute Gasteiger partial charge is 0.347 e. The molecular weight excluding hydrogens is 244 g/mol. The zero-order chi connectivity index (χ0) is 14.4. The summed E-state index contributed by atoms with van der Waals surface area (Å²) in [7, 11) is 0. The van der Waals surface area contributed by atoms with Crippen LogP contribution in [0.4, 0.5) is 0 Å². The number of hydrogen-bond donors (Lipinski definition) is 1. The molecule has 0 saturated heterocycles. The minimum atomic E-state index is 0.278. The van der Waals surface area contributed by atoms with E-state index in [1.165, 1.54) is 42.1 Å². The summed E-state index contributed by atoms with van der Waals surface area (Å²) in [6, 6.07) is 9.28. The van der Waals surface area contributed by atoms with Crippen molar-refractivity contribution in [2.24, 2.45) is 5.73 Å². The molecule has 1 aromatic heterocycles. The fourth-order valence-electron chi connectivity index (χ4n) is 2.71. The Balaban J connectivity index is 2.09. The first kappa shape index (κ1) is 15.1. The average Bonchev–Trinajstić information content (AvgIpc) is 2.86. The number of benzene rings is 1. The lowest BCUT2D eigenvalue weighted by Crippen LogP contribution is -2.21. The molecule has 2 nitrogen and oxygen atoms in total. The van der Waals surface area contributed by atoms with E-state index in [-0.39, 0.29) is 6.04 Å². The van der Waals surface area contributed by atoms with E-state index < -0.39 is 0 Å². The molecule has 0 saturated carbocycles. The topological polar surface area (TPSA) is 30.9 Å². The molecule has 0 spiro atoms. The molecule has 1 atom stereocenters. The molecule has 0 aliphatic rings. The van der Waals surface area contributed by atoms with Crippen LogP contribution in [0.3, 0.4) is 0 Å². The standard InChI is InChI=1S/C18H28N2/c1-3-5-6-7-11-20-12-10-16-9-8-15(14-18(16)20)13-17(19)4-2/h8-10,12,14,17H,3-7,11,13,19H2,1-2H3. The van der Waals surface area contributed by atoms with Gasteiger partial charge in [-0.1, -0.05) is 45.2 Å². The number of nitrogens with zero attached hydrogens (tertiary/aromatic N) is 1.